The molecule has 0 aliphatic carbocycles. The maximum Gasteiger partial charge on any atom is 0.301 e. The Morgan fingerprint density at radius 2 is 1.82 bits per heavy atom. The first kappa shape index (κ1) is 25.9. The molecular formula is C31H28N2O6S. The Hall–Kier alpha value is -4.37. The van der Waals surface area contributed by atoms with Crippen LogP contribution in [-0.2, 0) is 16.0 Å². The lowest BCUT2D eigenvalue weighted by Crippen LogP contribution is -2.29. The lowest BCUT2D eigenvalue weighted by molar-refractivity contribution is -0.132. The van der Waals surface area contributed by atoms with Crippen molar-refractivity contribution < 1.29 is 28.9 Å². The van der Waals surface area contributed by atoms with Crippen LogP contribution in [0, 0.1) is 13.8 Å². The van der Waals surface area contributed by atoms with Crippen molar-refractivity contribution in [1.29, 1.82) is 0 Å². The minimum atomic E-state index is -0.940. The zero-order valence-electron chi connectivity index (χ0n) is 22.8. The Balaban J connectivity index is 1.57. The second kappa shape index (κ2) is 9.67. The van der Waals surface area contributed by atoms with E-state index in [2.05, 4.69) is 0 Å². The molecular weight excluding hydrogens is 528 g/mol. The largest absolute Gasteiger partial charge is 0.507 e. The number of hydrogen-bond donors (Lipinski definition) is 1. The zero-order valence-corrected chi connectivity index (χ0v) is 23.6. The molecule has 0 unspecified atom stereocenters. The van der Waals surface area contributed by atoms with Crippen molar-refractivity contribution in [3.05, 3.63) is 81.9 Å². The number of Topliss-reactive ketones (excluding diaryl/α,β-unsaturated/α-hetero) is 1. The van der Waals surface area contributed by atoms with Crippen molar-refractivity contribution in [3.8, 4) is 17.2 Å². The van der Waals surface area contributed by atoms with Crippen LogP contribution in [0.2, 0.25) is 0 Å². The van der Waals surface area contributed by atoms with E-state index in [1.807, 2.05) is 39.0 Å². The lowest BCUT2D eigenvalue weighted by Gasteiger charge is -2.23. The fraction of sp³-hybridized carbons (Fsp3) is 0.258. The van der Waals surface area contributed by atoms with E-state index in [0.29, 0.717) is 34.2 Å². The Morgan fingerprint density at radius 1 is 1.05 bits per heavy atom. The molecule has 4 aromatic rings. The summed E-state index contributed by atoms with van der Waals surface area (Å²) in [5, 5.41) is 12.0. The molecule has 1 amide bonds. The second-order valence-electron chi connectivity index (χ2n) is 10.2. The number of aryl methyl sites for hydroxylation is 2. The van der Waals surface area contributed by atoms with Crippen LogP contribution in [0.25, 0.3) is 16.0 Å². The second-order valence-corrected chi connectivity index (χ2v) is 11.2. The third kappa shape index (κ3) is 4.08. The van der Waals surface area contributed by atoms with E-state index >= 15 is 0 Å². The van der Waals surface area contributed by atoms with Gasteiger partial charge in [0.2, 0.25) is 0 Å². The molecule has 9 heteroatoms. The van der Waals surface area contributed by atoms with Gasteiger partial charge in [0.1, 0.15) is 17.6 Å². The van der Waals surface area contributed by atoms with E-state index in [1.54, 1.807) is 30.3 Å². The number of ether oxygens (including phenoxy) is 3. The van der Waals surface area contributed by atoms with Crippen molar-refractivity contribution in [2.75, 3.05) is 19.1 Å². The minimum Gasteiger partial charge on any atom is -0.507 e. The number of rotatable bonds is 5. The summed E-state index contributed by atoms with van der Waals surface area (Å²) in [5.41, 5.74) is 4.76. The summed E-state index contributed by atoms with van der Waals surface area (Å²) in [6.07, 6.45) is 0.713. The lowest BCUT2D eigenvalue weighted by atomic mass is 9.94. The van der Waals surface area contributed by atoms with Gasteiger partial charge in [0.15, 0.2) is 16.6 Å². The summed E-state index contributed by atoms with van der Waals surface area (Å²) >= 11 is 1.34. The smallest absolute Gasteiger partial charge is 0.301 e. The number of aliphatic hydroxyl groups is 1. The first-order valence-corrected chi connectivity index (χ1v) is 13.7. The number of fused-ring (bicyclic) bond motifs is 2. The highest BCUT2D eigenvalue weighted by Gasteiger charge is 2.48. The molecule has 0 radical (unpaired) electrons. The molecule has 0 saturated carbocycles. The van der Waals surface area contributed by atoms with Gasteiger partial charge in [-0.25, -0.2) is 4.98 Å². The van der Waals surface area contributed by atoms with Gasteiger partial charge in [-0.2, -0.15) is 0 Å². The van der Waals surface area contributed by atoms with Crippen molar-refractivity contribution in [1.82, 2.24) is 4.98 Å². The molecule has 0 bridgehead atoms. The van der Waals surface area contributed by atoms with Crippen molar-refractivity contribution in [2.24, 2.45) is 0 Å². The van der Waals surface area contributed by atoms with Gasteiger partial charge in [-0.3, -0.25) is 14.5 Å². The van der Waals surface area contributed by atoms with Crippen LogP contribution >= 0.6 is 11.3 Å². The maximum absolute atomic E-state index is 13.7. The summed E-state index contributed by atoms with van der Waals surface area (Å²) < 4.78 is 17.7. The number of benzene rings is 3. The molecule has 2 aliphatic rings. The average Bonchev–Trinajstić information content (AvgIpc) is 3.60. The van der Waals surface area contributed by atoms with E-state index in [4.69, 9.17) is 19.2 Å². The summed E-state index contributed by atoms with van der Waals surface area (Å²) in [6.45, 7) is 5.95. The monoisotopic (exact) mass is 556 g/mol. The van der Waals surface area contributed by atoms with Gasteiger partial charge >= 0.3 is 5.91 Å². The van der Waals surface area contributed by atoms with Crippen LogP contribution in [0.1, 0.15) is 40.8 Å². The van der Waals surface area contributed by atoms with E-state index in [9.17, 15) is 14.7 Å². The number of methoxy groups -OCH3 is 2. The molecule has 3 heterocycles. The zero-order chi connectivity index (χ0) is 28.3. The van der Waals surface area contributed by atoms with Crippen molar-refractivity contribution >= 4 is 44.1 Å². The molecule has 1 saturated heterocycles. The molecule has 8 nitrogen and oxygen atoms in total. The molecule has 3 aromatic carbocycles. The number of nitrogens with zero attached hydrogens (tertiary/aromatic N) is 2. The maximum atomic E-state index is 13.7. The third-order valence-electron chi connectivity index (χ3n) is 7.36. The number of amides is 1. The highest BCUT2D eigenvalue weighted by Crippen LogP contribution is 2.46. The predicted octanol–water partition coefficient (Wildman–Crippen LogP) is 5.88. The standard InChI is InChI=1S/C31H28N2O6S/c1-15-10-16(2)26-24(11-15)40-31(32-26)33-27(18-6-9-22(37-4)23(14-18)38-5)25(29(35)30(33)36)28(34)19-7-8-21-20(13-19)12-17(3)39-21/h6-11,13-14,17,27,34H,12H2,1-5H3/t17-,27-/m1/s1. The van der Waals surface area contributed by atoms with Crippen molar-refractivity contribution in [3.63, 3.8) is 0 Å². The molecule has 2 aliphatic heterocycles. The van der Waals surface area contributed by atoms with Gasteiger partial charge in [0, 0.05) is 12.0 Å². The Bertz CT molecular complexity index is 1740. The van der Waals surface area contributed by atoms with E-state index < -0.39 is 17.7 Å². The topological polar surface area (TPSA) is 98.2 Å². The van der Waals surface area contributed by atoms with Gasteiger partial charge in [0.25, 0.3) is 5.78 Å². The molecule has 0 spiro atoms. The molecule has 6 rings (SSSR count). The Morgan fingerprint density at radius 3 is 2.58 bits per heavy atom. The highest BCUT2D eigenvalue weighted by atomic mass is 32.1. The normalized spacial score (nSPS) is 19.7. The van der Waals surface area contributed by atoms with Crippen LogP contribution in [-0.4, -0.2) is 42.1 Å². The number of aromatic nitrogens is 1. The van der Waals surface area contributed by atoms with E-state index in [-0.39, 0.29) is 17.4 Å². The quantitative estimate of drug-likeness (QED) is 0.186. The average molecular weight is 557 g/mol. The summed E-state index contributed by atoms with van der Waals surface area (Å²) in [7, 11) is 3.05. The predicted molar refractivity (Wildman–Crippen MR) is 154 cm³/mol. The van der Waals surface area contributed by atoms with Gasteiger partial charge in [-0.05, 0) is 79.4 Å². The number of thiazole rings is 1. The van der Waals surface area contributed by atoms with Gasteiger partial charge in [-0.15, -0.1) is 0 Å². The Kier molecular flexibility index (Phi) is 6.26. The number of aliphatic hydroxyl groups excluding tert-OH is 1. The first-order chi connectivity index (χ1) is 19.2. The fourth-order valence-corrected chi connectivity index (χ4v) is 6.72. The van der Waals surface area contributed by atoms with E-state index in [1.165, 1.54) is 30.5 Å². The molecule has 1 fully saturated rings. The summed E-state index contributed by atoms with van der Waals surface area (Å²) in [5.74, 6) is -0.105. The minimum absolute atomic E-state index is 0.0173. The molecule has 40 heavy (non-hydrogen) atoms. The van der Waals surface area contributed by atoms with Crippen LogP contribution in [0.4, 0.5) is 5.13 Å². The Labute approximate surface area is 235 Å². The van der Waals surface area contributed by atoms with Crippen LogP contribution in [0.15, 0.2) is 54.1 Å². The summed E-state index contributed by atoms with van der Waals surface area (Å²) in [6, 6.07) is 13.6. The van der Waals surface area contributed by atoms with Crippen LogP contribution in [0.5, 0.6) is 17.2 Å². The number of carbonyl (C=O) groups is 2. The molecule has 1 N–H and O–H groups in total. The van der Waals surface area contributed by atoms with Gasteiger partial charge < -0.3 is 19.3 Å². The number of ketones is 1. The highest BCUT2D eigenvalue weighted by molar-refractivity contribution is 7.22. The number of anilines is 1. The van der Waals surface area contributed by atoms with Gasteiger partial charge in [-0.1, -0.05) is 23.5 Å². The molecule has 1 aromatic heterocycles. The molecule has 204 valence electrons. The SMILES string of the molecule is COc1ccc([C@@H]2C(=C(O)c3ccc4c(c3)C[C@@H](C)O4)C(=O)C(=O)N2c2nc3c(C)cc(C)cc3s2)cc1OC. The van der Waals surface area contributed by atoms with E-state index in [0.717, 1.165) is 32.7 Å². The van der Waals surface area contributed by atoms with Crippen molar-refractivity contribution in [2.45, 2.75) is 39.3 Å². The summed E-state index contributed by atoms with van der Waals surface area (Å²) in [4.78, 5) is 33.5. The van der Waals surface area contributed by atoms with Gasteiger partial charge in [0.05, 0.1) is 36.1 Å². The van der Waals surface area contributed by atoms with Crippen LogP contribution < -0.4 is 19.1 Å². The molecule has 2 atom stereocenters. The fourth-order valence-electron chi connectivity index (χ4n) is 5.55. The third-order valence-corrected chi connectivity index (χ3v) is 8.36. The first-order valence-electron chi connectivity index (χ1n) is 12.9. The number of carbonyl (C=O) groups excluding carboxylic acids is 2. The van der Waals surface area contributed by atoms with Crippen LogP contribution in [0.3, 0.4) is 0 Å². The number of hydrogen-bond acceptors (Lipinski definition) is 8.